The predicted molar refractivity (Wildman–Crippen MR) is 142 cm³/mol. The fourth-order valence-electron chi connectivity index (χ4n) is 5.12. The van der Waals surface area contributed by atoms with Crippen LogP contribution < -0.4 is 5.32 Å². The highest BCUT2D eigenvalue weighted by molar-refractivity contribution is 6.30. The fraction of sp³-hybridized carbons (Fsp3) is 0.200. The minimum absolute atomic E-state index is 0.171. The number of nitrogens with zero attached hydrogens (tertiary/aromatic N) is 1. The van der Waals surface area contributed by atoms with Gasteiger partial charge in [-0.15, -0.1) is 0 Å². The monoisotopic (exact) mass is 498 g/mol. The van der Waals surface area contributed by atoms with Crippen LogP contribution in [0.25, 0.3) is 10.8 Å². The molecule has 1 heterocycles. The number of rotatable bonds is 6. The van der Waals surface area contributed by atoms with Gasteiger partial charge in [0.25, 0.3) is 5.91 Å². The van der Waals surface area contributed by atoms with Crippen LogP contribution in [-0.2, 0) is 27.4 Å². The second-order valence-corrected chi connectivity index (χ2v) is 9.54. The van der Waals surface area contributed by atoms with E-state index in [0.29, 0.717) is 18.1 Å². The van der Waals surface area contributed by atoms with Crippen LogP contribution in [0.1, 0.15) is 34.2 Å². The predicted octanol–water partition coefficient (Wildman–Crippen LogP) is 5.62. The van der Waals surface area contributed by atoms with Crippen LogP contribution in [0.4, 0.5) is 0 Å². The third kappa shape index (κ3) is 5.05. The molecule has 0 radical (unpaired) electrons. The second kappa shape index (κ2) is 10.6. The number of nitrogens with one attached hydrogen (secondary N) is 1. The van der Waals surface area contributed by atoms with Crippen molar-refractivity contribution in [3.63, 3.8) is 0 Å². The number of imide groups is 1. The average Bonchev–Trinajstić information content (AvgIpc) is 2.89. The van der Waals surface area contributed by atoms with E-state index in [4.69, 9.17) is 16.3 Å². The molecule has 2 unspecified atom stereocenters. The smallest absolute Gasteiger partial charge is 0.252 e. The molecule has 0 aliphatic carbocycles. The van der Waals surface area contributed by atoms with E-state index in [-0.39, 0.29) is 18.6 Å². The lowest BCUT2D eigenvalue weighted by Gasteiger charge is -2.42. The molecule has 36 heavy (non-hydrogen) atoms. The maximum Gasteiger partial charge on any atom is 0.252 e. The third-order valence-corrected chi connectivity index (χ3v) is 6.96. The van der Waals surface area contributed by atoms with Crippen molar-refractivity contribution in [2.45, 2.75) is 25.0 Å². The largest absolute Gasteiger partial charge is 0.375 e. The summed E-state index contributed by atoms with van der Waals surface area (Å²) in [4.78, 5) is 28.4. The normalized spacial score (nSPS) is 17.5. The molecule has 4 aromatic carbocycles. The zero-order valence-electron chi connectivity index (χ0n) is 20.0. The Bertz CT molecular complexity index is 1400. The van der Waals surface area contributed by atoms with Gasteiger partial charge in [-0.1, -0.05) is 84.4 Å². The zero-order chi connectivity index (χ0) is 25.1. The summed E-state index contributed by atoms with van der Waals surface area (Å²) >= 11 is 6.13. The summed E-state index contributed by atoms with van der Waals surface area (Å²) in [6.07, 6.45) is 0. The number of hydrogen-bond donors (Lipinski definition) is 1. The van der Waals surface area contributed by atoms with Crippen molar-refractivity contribution >= 4 is 34.2 Å². The SMILES string of the molecule is COCC(=O)NC(=O)C1c2ccccc2CN(Cc2ccc(Cl)cc2)C1c1ccc2ccccc2c1. The minimum Gasteiger partial charge on any atom is -0.375 e. The van der Waals surface area contributed by atoms with E-state index in [2.05, 4.69) is 46.6 Å². The Morgan fingerprint density at radius 3 is 2.44 bits per heavy atom. The van der Waals surface area contributed by atoms with Gasteiger partial charge in [-0.3, -0.25) is 19.8 Å². The molecule has 6 heteroatoms. The number of methoxy groups -OCH3 is 1. The van der Waals surface area contributed by atoms with Crippen molar-refractivity contribution in [1.82, 2.24) is 10.2 Å². The van der Waals surface area contributed by atoms with Crippen molar-refractivity contribution in [2.75, 3.05) is 13.7 Å². The highest BCUT2D eigenvalue weighted by atomic mass is 35.5. The molecule has 1 aliphatic rings. The molecule has 2 amide bonds. The Balaban J connectivity index is 1.62. The molecule has 182 valence electrons. The summed E-state index contributed by atoms with van der Waals surface area (Å²) < 4.78 is 4.95. The lowest BCUT2D eigenvalue weighted by atomic mass is 9.79. The molecular weight excluding hydrogens is 472 g/mol. The topological polar surface area (TPSA) is 58.6 Å². The summed E-state index contributed by atoms with van der Waals surface area (Å²) in [5.74, 6) is -1.36. The highest BCUT2D eigenvalue weighted by Gasteiger charge is 2.40. The molecule has 1 aliphatic heterocycles. The van der Waals surface area contributed by atoms with Crippen LogP contribution >= 0.6 is 11.6 Å². The van der Waals surface area contributed by atoms with Crippen LogP contribution in [-0.4, -0.2) is 30.4 Å². The quantitative estimate of drug-likeness (QED) is 0.374. The Kier molecular flexibility index (Phi) is 7.14. The highest BCUT2D eigenvalue weighted by Crippen LogP contribution is 2.44. The van der Waals surface area contributed by atoms with Gasteiger partial charge in [-0.25, -0.2) is 0 Å². The Hall–Kier alpha value is -3.51. The maximum absolute atomic E-state index is 13.7. The number of carbonyl (C=O) groups excluding carboxylic acids is 2. The van der Waals surface area contributed by atoms with Crippen molar-refractivity contribution in [2.24, 2.45) is 0 Å². The summed E-state index contributed by atoms with van der Waals surface area (Å²) in [5, 5.41) is 5.50. The second-order valence-electron chi connectivity index (χ2n) is 9.10. The number of amides is 2. The lowest BCUT2D eigenvalue weighted by molar-refractivity contribution is -0.134. The molecule has 0 fully saturated rings. The minimum atomic E-state index is -0.579. The van der Waals surface area contributed by atoms with Gasteiger partial charge in [0.1, 0.15) is 6.61 Å². The van der Waals surface area contributed by atoms with Crippen molar-refractivity contribution in [3.8, 4) is 0 Å². The summed E-state index contributed by atoms with van der Waals surface area (Å²) in [5.41, 5.74) is 4.13. The van der Waals surface area contributed by atoms with Crippen LogP contribution in [0, 0.1) is 0 Å². The van der Waals surface area contributed by atoms with E-state index < -0.39 is 11.8 Å². The van der Waals surface area contributed by atoms with E-state index in [1.165, 1.54) is 7.11 Å². The number of carbonyl (C=O) groups is 2. The molecule has 0 saturated heterocycles. The standard InChI is InChI=1S/C30H27ClN2O3/c1-36-19-27(34)32-30(35)28-26-9-5-4-8-24(26)18-33(17-20-10-14-25(31)15-11-20)29(28)23-13-12-21-6-2-3-7-22(21)16-23/h2-16,28-29H,17-19H2,1H3,(H,32,34,35). The van der Waals surface area contributed by atoms with Crippen LogP contribution in [0.2, 0.25) is 5.02 Å². The van der Waals surface area contributed by atoms with Gasteiger partial charge in [0.15, 0.2) is 0 Å². The Labute approximate surface area is 215 Å². The van der Waals surface area contributed by atoms with E-state index in [1.54, 1.807) is 0 Å². The molecule has 1 N–H and O–H groups in total. The lowest BCUT2D eigenvalue weighted by Crippen LogP contribution is -2.45. The maximum atomic E-state index is 13.7. The summed E-state index contributed by atoms with van der Waals surface area (Å²) in [7, 11) is 1.44. The van der Waals surface area contributed by atoms with E-state index >= 15 is 0 Å². The summed E-state index contributed by atoms with van der Waals surface area (Å²) in [6.45, 7) is 1.13. The number of hydrogen-bond acceptors (Lipinski definition) is 4. The van der Waals surface area contributed by atoms with Gasteiger partial charge in [0.05, 0.1) is 12.0 Å². The Morgan fingerprint density at radius 2 is 1.67 bits per heavy atom. The fourth-order valence-corrected chi connectivity index (χ4v) is 5.25. The van der Waals surface area contributed by atoms with Gasteiger partial charge in [0, 0.05) is 25.2 Å². The van der Waals surface area contributed by atoms with Crippen LogP contribution in [0.15, 0.2) is 91.0 Å². The van der Waals surface area contributed by atoms with Crippen LogP contribution in [0.5, 0.6) is 0 Å². The van der Waals surface area contributed by atoms with Crippen molar-refractivity contribution in [3.05, 3.63) is 118 Å². The molecule has 2 atom stereocenters. The molecule has 5 rings (SSSR count). The molecule has 5 nitrogen and oxygen atoms in total. The third-order valence-electron chi connectivity index (χ3n) is 6.71. The number of ether oxygens (including phenoxy) is 1. The first-order chi connectivity index (χ1) is 17.5. The molecule has 4 aromatic rings. The van der Waals surface area contributed by atoms with Gasteiger partial charge in [-0.2, -0.15) is 0 Å². The van der Waals surface area contributed by atoms with Crippen molar-refractivity contribution in [1.29, 1.82) is 0 Å². The van der Waals surface area contributed by atoms with Gasteiger partial charge in [-0.05, 0) is 51.2 Å². The molecule has 0 bridgehead atoms. The first kappa shape index (κ1) is 24.2. The number of benzene rings is 4. The molecule has 0 spiro atoms. The summed E-state index contributed by atoms with van der Waals surface area (Å²) in [6, 6.07) is 30.0. The van der Waals surface area contributed by atoms with Gasteiger partial charge >= 0.3 is 0 Å². The first-order valence-electron chi connectivity index (χ1n) is 11.9. The van der Waals surface area contributed by atoms with E-state index in [9.17, 15) is 9.59 Å². The van der Waals surface area contributed by atoms with E-state index in [1.807, 2.05) is 54.6 Å². The first-order valence-corrected chi connectivity index (χ1v) is 12.3. The number of fused-ring (bicyclic) bond motifs is 2. The van der Waals surface area contributed by atoms with E-state index in [0.717, 1.165) is 33.0 Å². The van der Waals surface area contributed by atoms with Gasteiger partial charge in [0.2, 0.25) is 5.91 Å². The Morgan fingerprint density at radius 1 is 0.944 bits per heavy atom. The van der Waals surface area contributed by atoms with Crippen LogP contribution in [0.3, 0.4) is 0 Å². The molecule has 0 saturated carbocycles. The average molecular weight is 499 g/mol. The van der Waals surface area contributed by atoms with Gasteiger partial charge < -0.3 is 4.74 Å². The van der Waals surface area contributed by atoms with Crippen molar-refractivity contribution < 1.29 is 14.3 Å². The number of halogens is 1. The molecule has 0 aromatic heterocycles. The molecular formula is C30H27ClN2O3. The zero-order valence-corrected chi connectivity index (χ0v) is 20.7.